The maximum Gasteiger partial charge on any atom is 0.225 e. The normalized spacial score (nSPS) is 18.8. The summed E-state index contributed by atoms with van der Waals surface area (Å²) >= 11 is 0. The zero-order chi connectivity index (χ0) is 16.1. The molecular formula is C19H31Cl2N3O. The highest BCUT2D eigenvalue weighted by Crippen LogP contribution is 2.39. The Kier molecular flexibility index (Phi) is 9.04. The number of halogens is 2. The molecule has 2 aliphatic rings. The number of hydrogen-bond acceptors (Lipinski definition) is 3. The van der Waals surface area contributed by atoms with Crippen LogP contribution in [0.15, 0.2) is 24.3 Å². The third kappa shape index (κ3) is 5.50. The van der Waals surface area contributed by atoms with Gasteiger partial charge in [-0.1, -0.05) is 31.4 Å². The number of benzene rings is 1. The third-order valence-electron chi connectivity index (χ3n) is 5.51. The van der Waals surface area contributed by atoms with Gasteiger partial charge in [0.05, 0.1) is 11.4 Å². The highest BCUT2D eigenvalue weighted by atomic mass is 35.5. The van der Waals surface area contributed by atoms with Crippen LogP contribution in [0.2, 0.25) is 0 Å². The summed E-state index contributed by atoms with van der Waals surface area (Å²) < 4.78 is 0. The largest absolute Gasteiger partial charge is 0.370 e. The second kappa shape index (κ2) is 10.2. The van der Waals surface area contributed by atoms with Crippen molar-refractivity contribution in [3.8, 4) is 0 Å². The molecule has 0 spiro atoms. The molecule has 1 heterocycles. The van der Waals surface area contributed by atoms with Crippen LogP contribution in [0.1, 0.15) is 51.4 Å². The Hall–Kier alpha value is -0.970. The number of carbonyl (C=O) groups is 1. The molecule has 1 aromatic carbocycles. The van der Waals surface area contributed by atoms with Crippen LogP contribution in [-0.4, -0.2) is 25.5 Å². The topological polar surface area (TPSA) is 58.4 Å². The second-order valence-corrected chi connectivity index (χ2v) is 7.20. The zero-order valence-electron chi connectivity index (χ0n) is 14.8. The van der Waals surface area contributed by atoms with E-state index in [0.29, 0.717) is 13.0 Å². The van der Waals surface area contributed by atoms with E-state index in [2.05, 4.69) is 16.3 Å². The van der Waals surface area contributed by atoms with Gasteiger partial charge in [0.2, 0.25) is 5.91 Å². The summed E-state index contributed by atoms with van der Waals surface area (Å²) in [4.78, 5) is 15.0. The van der Waals surface area contributed by atoms with Gasteiger partial charge in [0.15, 0.2) is 0 Å². The van der Waals surface area contributed by atoms with Crippen molar-refractivity contribution in [1.29, 1.82) is 0 Å². The van der Waals surface area contributed by atoms with Crippen LogP contribution in [0.25, 0.3) is 0 Å². The summed E-state index contributed by atoms with van der Waals surface area (Å²) in [6.45, 7) is 2.79. The first-order valence-corrected chi connectivity index (χ1v) is 9.06. The van der Waals surface area contributed by atoms with Gasteiger partial charge < -0.3 is 16.0 Å². The fourth-order valence-electron chi connectivity index (χ4n) is 4.10. The van der Waals surface area contributed by atoms with Crippen molar-refractivity contribution in [3.05, 3.63) is 24.3 Å². The molecule has 2 fully saturated rings. The van der Waals surface area contributed by atoms with Crippen molar-refractivity contribution in [2.75, 3.05) is 29.9 Å². The van der Waals surface area contributed by atoms with Gasteiger partial charge in [-0.05, 0) is 49.8 Å². The maximum atomic E-state index is 12.6. The van der Waals surface area contributed by atoms with Crippen LogP contribution < -0.4 is 16.0 Å². The summed E-state index contributed by atoms with van der Waals surface area (Å²) in [5.41, 5.74) is 8.14. The van der Waals surface area contributed by atoms with Crippen LogP contribution in [0, 0.1) is 5.41 Å². The number of nitrogens with one attached hydrogen (secondary N) is 1. The molecular weight excluding hydrogens is 357 g/mol. The van der Waals surface area contributed by atoms with E-state index in [0.717, 1.165) is 37.3 Å². The lowest BCUT2D eigenvalue weighted by molar-refractivity contribution is -0.118. The number of anilines is 2. The molecule has 4 nitrogen and oxygen atoms in total. The minimum Gasteiger partial charge on any atom is -0.370 e. The lowest BCUT2D eigenvalue weighted by atomic mass is 9.71. The van der Waals surface area contributed by atoms with E-state index in [1.54, 1.807) is 0 Å². The molecule has 1 aliphatic carbocycles. The molecule has 0 radical (unpaired) electrons. The Labute approximate surface area is 163 Å². The van der Waals surface area contributed by atoms with E-state index in [-0.39, 0.29) is 36.1 Å². The van der Waals surface area contributed by atoms with E-state index >= 15 is 0 Å². The lowest BCUT2D eigenvalue weighted by Gasteiger charge is -2.35. The number of amides is 1. The highest BCUT2D eigenvalue weighted by molar-refractivity contribution is 5.94. The molecule has 0 unspecified atom stereocenters. The number of carbonyl (C=O) groups excluding carboxylic acids is 1. The quantitative estimate of drug-likeness (QED) is 0.788. The van der Waals surface area contributed by atoms with Crippen molar-refractivity contribution in [2.45, 2.75) is 51.4 Å². The van der Waals surface area contributed by atoms with Gasteiger partial charge >= 0.3 is 0 Å². The molecule has 1 aromatic rings. The van der Waals surface area contributed by atoms with E-state index in [9.17, 15) is 4.79 Å². The number of hydrogen-bond donors (Lipinski definition) is 2. The molecule has 142 valence electrons. The van der Waals surface area contributed by atoms with Crippen LogP contribution in [0.5, 0.6) is 0 Å². The molecule has 3 N–H and O–H groups in total. The van der Waals surface area contributed by atoms with Gasteiger partial charge in [0.1, 0.15) is 0 Å². The molecule has 1 amide bonds. The van der Waals surface area contributed by atoms with Crippen molar-refractivity contribution in [3.63, 3.8) is 0 Å². The van der Waals surface area contributed by atoms with Crippen molar-refractivity contribution in [2.24, 2.45) is 11.1 Å². The van der Waals surface area contributed by atoms with Gasteiger partial charge in [0, 0.05) is 19.5 Å². The lowest BCUT2D eigenvalue weighted by Crippen LogP contribution is -2.36. The Morgan fingerprint density at radius 1 is 1.04 bits per heavy atom. The molecule has 25 heavy (non-hydrogen) atoms. The summed E-state index contributed by atoms with van der Waals surface area (Å²) in [6.07, 6.45) is 8.88. The molecule has 0 bridgehead atoms. The Balaban J connectivity index is 0.00000156. The van der Waals surface area contributed by atoms with E-state index in [1.807, 2.05) is 18.2 Å². The van der Waals surface area contributed by atoms with Crippen LogP contribution in [0.3, 0.4) is 0 Å². The Morgan fingerprint density at radius 2 is 1.68 bits per heavy atom. The Morgan fingerprint density at radius 3 is 2.32 bits per heavy atom. The molecule has 0 aromatic heterocycles. The molecule has 6 heteroatoms. The van der Waals surface area contributed by atoms with Crippen molar-refractivity contribution < 1.29 is 4.79 Å². The minimum atomic E-state index is 0. The first-order valence-electron chi connectivity index (χ1n) is 9.06. The fourth-order valence-corrected chi connectivity index (χ4v) is 4.10. The average molecular weight is 388 g/mol. The summed E-state index contributed by atoms with van der Waals surface area (Å²) in [5, 5.41) is 3.16. The van der Waals surface area contributed by atoms with Crippen LogP contribution in [-0.2, 0) is 4.79 Å². The number of para-hydroxylation sites is 2. The smallest absolute Gasteiger partial charge is 0.225 e. The molecule has 1 aliphatic heterocycles. The molecule has 0 atom stereocenters. The van der Waals surface area contributed by atoms with Crippen molar-refractivity contribution >= 4 is 42.1 Å². The van der Waals surface area contributed by atoms with E-state index < -0.39 is 0 Å². The van der Waals surface area contributed by atoms with Crippen LogP contribution >= 0.6 is 24.8 Å². The van der Waals surface area contributed by atoms with Crippen LogP contribution in [0.4, 0.5) is 11.4 Å². The number of nitrogens with two attached hydrogens (primary N) is 1. The van der Waals surface area contributed by atoms with Crippen molar-refractivity contribution in [1.82, 2.24) is 0 Å². The standard InChI is InChI=1S/C19H29N3O.2ClH/c20-15-19(10-4-1-5-11-19)14-18(23)21-16-8-2-3-9-17(16)22-12-6-7-13-22;;/h2-3,8-9H,1,4-7,10-15,20H2,(H,21,23);2*1H. The molecule has 1 saturated heterocycles. The average Bonchev–Trinajstić information content (AvgIpc) is 3.10. The Bertz CT molecular complexity index is 541. The first-order chi connectivity index (χ1) is 11.2. The van der Waals surface area contributed by atoms with E-state index in [1.165, 1.54) is 32.1 Å². The summed E-state index contributed by atoms with van der Waals surface area (Å²) in [6, 6.07) is 8.17. The first kappa shape index (κ1) is 22.1. The summed E-state index contributed by atoms with van der Waals surface area (Å²) in [5.74, 6) is 0.115. The van der Waals surface area contributed by atoms with Gasteiger partial charge in [0.25, 0.3) is 0 Å². The monoisotopic (exact) mass is 387 g/mol. The van der Waals surface area contributed by atoms with Gasteiger partial charge in [-0.2, -0.15) is 0 Å². The minimum absolute atomic E-state index is 0. The highest BCUT2D eigenvalue weighted by Gasteiger charge is 2.33. The SMILES string of the molecule is Cl.Cl.NCC1(CC(=O)Nc2ccccc2N2CCCC2)CCCCC1. The maximum absolute atomic E-state index is 12.6. The third-order valence-corrected chi connectivity index (χ3v) is 5.51. The van der Waals surface area contributed by atoms with Gasteiger partial charge in [-0.25, -0.2) is 0 Å². The molecule has 3 rings (SSSR count). The predicted octanol–water partition coefficient (Wildman–Crippen LogP) is 4.37. The number of rotatable bonds is 5. The predicted molar refractivity (Wildman–Crippen MR) is 110 cm³/mol. The fraction of sp³-hybridized carbons (Fsp3) is 0.632. The van der Waals surface area contributed by atoms with Gasteiger partial charge in [-0.3, -0.25) is 4.79 Å². The number of nitrogens with zero attached hydrogens (tertiary/aromatic N) is 1. The summed E-state index contributed by atoms with van der Waals surface area (Å²) in [7, 11) is 0. The van der Waals surface area contributed by atoms with Gasteiger partial charge in [-0.15, -0.1) is 24.8 Å². The zero-order valence-corrected chi connectivity index (χ0v) is 16.5. The van der Waals surface area contributed by atoms with E-state index in [4.69, 9.17) is 5.73 Å². The molecule has 1 saturated carbocycles. The second-order valence-electron chi connectivity index (χ2n) is 7.20.